The summed E-state index contributed by atoms with van der Waals surface area (Å²) >= 11 is 0. The monoisotopic (exact) mass is 494 g/mol. The van der Waals surface area contributed by atoms with E-state index < -0.39 is 6.09 Å². The highest BCUT2D eigenvalue weighted by molar-refractivity contribution is 5.91. The Bertz CT molecular complexity index is 1250. The second-order valence-corrected chi connectivity index (χ2v) is 9.64. The number of hydrogen-bond acceptors (Lipinski definition) is 5. The molecule has 0 radical (unpaired) electrons. The van der Waals surface area contributed by atoms with E-state index >= 15 is 0 Å². The van der Waals surface area contributed by atoms with Crippen molar-refractivity contribution in [2.45, 2.75) is 44.4 Å². The van der Waals surface area contributed by atoms with Gasteiger partial charge in [0.1, 0.15) is 17.3 Å². The first kappa shape index (κ1) is 24.3. The Morgan fingerprint density at radius 3 is 2.67 bits per heavy atom. The van der Waals surface area contributed by atoms with Crippen molar-refractivity contribution in [1.29, 1.82) is 0 Å². The van der Waals surface area contributed by atoms with Crippen molar-refractivity contribution in [3.63, 3.8) is 0 Å². The number of nitrogens with zero attached hydrogens (tertiary/aromatic N) is 4. The van der Waals surface area contributed by atoms with Crippen LogP contribution in [0.4, 0.5) is 14.9 Å². The molecule has 2 aliphatic rings. The third kappa shape index (κ3) is 4.56. The summed E-state index contributed by atoms with van der Waals surface area (Å²) in [5, 5.41) is 14.6. The summed E-state index contributed by atoms with van der Waals surface area (Å²) in [6, 6.07) is 9.54. The molecule has 1 fully saturated rings. The Labute approximate surface area is 209 Å². The first-order valence-electron chi connectivity index (χ1n) is 12.2. The molecule has 1 saturated heterocycles. The topological polar surface area (TPSA) is 80.1 Å². The first-order chi connectivity index (χ1) is 17.4. The number of amides is 1. The second-order valence-electron chi connectivity index (χ2n) is 9.64. The number of hydrogen-bond donors (Lipinski definition) is 1. The molecule has 2 aromatic carbocycles. The van der Waals surface area contributed by atoms with Gasteiger partial charge in [-0.05, 0) is 69.6 Å². The number of methoxy groups -OCH3 is 1. The molecular formula is C27H31FN4O4. The maximum absolute atomic E-state index is 13.5. The Morgan fingerprint density at radius 1 is 1.17 bits per heavy atom. The van der Waals surface area contributed by atoms with Crippen LogP contribution in [0.2, 0.25) is 0 Å². The van der Waals surface area contributed by atoms with Crippen LogP contribution in [0.15, 0.2) is 48.8 Å². The highest BCUT2D eigenvalue weighted by Crippen LogP contribution is 2.45. The number of fused-ring (bicyclic) bond motifs is 1. The van der Waals surface area contributed by atoms with Gasteiger partial charge in [-0.1, -0.05) is 0 Å². The van der Waals surface area contributed by atoms with E-state index in [0.29, 0.717) is 30.0 Å². The lowest BCUT2D eigenvalue weighted by molar-refractivity contribution is -0.00195. The maximum Gasteiger partial charge on any atom is 0.412 e. The molecule has 1 N–H and O–H groups in total. The number of ether oxygens (including phenoxy) is 2. The van der Waals surface area contributed by atoms with Gasteiger partial charge in [0.15, 0.2) is 0 Å². The molecular weight excluding hydrogens is 463 g/mol. The van der Waals surface area contributed by atoms with E-state index in [1.165, 1.54) is 17.0 Å². The normalized spacial score (nSPS) is 22.3. The molecule has 0 aliphatic carbocycles. The molecule has 0 saturated carbocycles. The summed E-state index contributed by atoms with van der Waals surface area (Å²) in [7, 11) is 3.82. The van der Waals surface area contributed by atoms with Crippen LogP contribution in [-0.2, 0) is 11.2 Å². The summed E-state index contributed by atoms with van der Waals surface area (Å²) < 4.78 is 27.6. The van der Waals surface area contributed by atoms with Gasteiger partial charge in [-0.2, -0.15) is 5.10 Å². The highest BCUT2D eigenvalue weighted by Gasteiger charge is 2.33. The van der Waals surface area contributed by atoms with Crippen molar-refractivity contribution in [2.75, 3.05) is 32.1 Å². The number of likely N-dealkylation sites (tertiary alicyclic amines) is 1. The Morgan fingerprint density at radius 2 is 1.94 bits per heavy atom. The lowest BCUT2D eigenvalue weighted by atomic mass is 9.92. The molecule has 1 amide bonds. The zero-order valence-corrected chi connectivity index (χ0v) is 20.7. The van der Waals surface area contributed by atoms with Crippen LogP contribution < -0.4 is 9.64 Å². The number of rotatable bonds is 5. The number of likely N-dealkylation sites (N-methyl/N-ethyl adjacent to an activating group) is 1. The molecule has 3 atom stereocenters. The van der Waals surface area contributed by atoms with E-state index in [1.807, 2.05) is 36.1 Å². The van der Waals surface area contributed by atoms with Crippen molar-refractivity contribution in [3.05, 3.63) is 60.2 Å². The number of benzene rings is 2. The summed E-state index contributed by atoms with van der Waals surface area (Å²) in [5.41, 5.74) is 3.11. The van der Waals surface area contributed by atoms with Gasteiger partial charge in [0, 0.05) is 49.1 Å². The zero-order chi connectivity index (χ0) is 25.4. The largest absolute Gasteiger partial charge is 0.465 e. The lowest BCUT2D eigenvalue weighted by Crippen LogP contribution is -2.43. The van der Waals surface area contributed by atoms with Gasteiger partial charge in [0.25, 0.3) is 0 Å². The van der Waals surface area contributed by atoms with Crippen molar-refractivity contribution in [1.82, 2.24) is 14.7 Å². The van der Waals surface area contributed by atoms with E-state index in [9.17, 15) is 14.3 Å². The first-order valence-corrected chi connectivity index (χ1v) is 12.2. The molecule has 3 aromatic rings. The number of carbonyl (C=O) groups is 1. The summed E-state index contributed by atoms with van der Waals surface area (Å²) in [6.45, 7) is 3.70. The van der Waals surface area contributed by atoms with Gasteiger partial charge >= 0.3 is 6.09 Å². The molecule has 9 heteroatoms. The minimum absolute atomic E-state index is 0.0283. The average Bonchev–Trinajstić information content (AvgIpc) is 3.34. The van der Waals surface area contributed by atoms with Gasteiger partial charge < -0.3 is 19.5 Å². The van der Waals surface area contributed by atoms with Crippen LogP contribution in [0.25, 0.3) is 11.1 Å². The maximum atomic E-state index is 13.5. The molecule has 1 aromatic heterocycles. The van der Waals surface area contributed by atoms with E-state index in [-0.39, 0.29) is 24.0 Å². The molecule has 3 heterocycles. The molecule has 190 valence electrons. The van der Waals surface area contributed by atoms with Crippen LogP contribution in [0.3, 0.4) is 0 Å². The summed E-state index contributed by atoms with van der Waals surface area (Å²) in [5.74, 6) is 0.702. The van der Waals surface area contributed by atoms with Gasteiger partial charge in [0.2, 0.25) is 0 Å². The third-order valence-electron chi connectivity index (χ3n) is 7.27. The molecule has 0 spiro atoms. The minimum atomic E-state index is -0.996. The standard InChI is InChI=1S/C27H31FN4O4/c1-17-4-9-22-23(32(17)27(33)34)11-10-21(26(22)36-20-7-5-19(28)6-8-20)18-14-29-31(15-18)24-12-13-30(2)16-25(24)35-3/h5-8,10-11,14-15,17,24-25H,4,9,12-13,16H2,1-3H3,(H,33,34)/t17-,24?,25?/m0/s1. The Hall–Kier alpha value is -3.43. The van der Waals surface area contributed by atoms with Gasteiger partial charge in [-0.15, -0.1) is 0 Å². The third-order valence-corrected chi connectivity index (χ3v) is 7.27. The number of halogens is 1. The number of aromatic nitrogens is 2. The number of carboxylic acid groups (broad SMARTS) is 1. The van der Waals surface area contributed by atoms with Crippen LogP contribution in [-0.4, -0.2) is 65.3 Å². The molecule has 5 rings (SSSR count). The van der Waals surface area contributed by atoms with Gasteiger partial charge in [0.05, 0.1) is 24.0 Å². The molecule has 2 unspecified atom stereocenters. The molecule has 8 nitrogen and oxygen atoms in total. The van der Waals surface area contributed by atoms with Crippen LogP contribution in [0, 0.1) is 5.82 Å². The highest BCUT2D eigenvalue weighted by atomic mass is 19.1. The predicted octanol–water partition coefficient (Wildman–Crippen LogP) is 5.19. The van der Waals surface area contributed by atoms with Crippen molar-refractivity contribution < 1.29 is 23.8 Å². The van der Waals surface area contributed by atoms with E-state index in [0.717, 1.165) is 36.2 Å². The van der Waals surface area contributed by atoms with Crippen molar-refractivity contribution in [2.24, 2.45) is 0 Å². The molecule has 0 bridgehead atoms. The molecule has 36 heavy (non-hydrogen) atoms. The zero-order valence-electron chi connectivity index (χ0n) is 20.7. The van der Waals surface area contributed by atoms with E-state index in [4.69, 9.17) is 9.47 Å². The minimum Gasteiger partial charge on any atom is -0.465 e. The fourth-order valence-corrected chi connectivity index (χ4v) is 5.31. The predicted molar refractivity (Wildman–Crippen MR) is 134 cm³/mol. The second kappa shape index (κ2) is 9.91. The van der Waals surface area contributed by atoms with Crippen molar-refractivity contribution in [3.8, 4) is 22.6 Å². The average molecular weight is 495 g/mol. The van der Waals surface area contributed by atoms with Crippen LogP contribution in [0.5, 0.6) is 11.5 Å². The van der Waals surface area contributed by atoms with E-state index in [2.05, 4.69) is 17.0 Å². The van der Waals surface area contributed by atoms with Gasteiger partial charge in [-0.25, -0.2) is 9.18 Å². The van der Waals surface area contributed by atoms with Crippen LogP contribution >= 0.6 is 0 Å². The lowest BCUT2D eigenvalue weighted by Gasteiger charge is -2.35. The smallest absolute Gasteiger partial charge is 0.412 e. The number of piperidine rings is 1. The van der Waals surface area contributed by atoms with Gasteiger partial charge in [-0.3, -0.25) is 9.58 Å². The van der Waals surface area contributed by atoms with E-state index in [1.54, 1.807) is 19.2 Å². The van der Waals surface area contributed by atoms with Crippen LogP contribution in [0.1, 0.15) is 31.4 Å². The molecule has 2 aliphatic heterocycles. The Kier molecular flexibility index (Phi) is 6.68. The fourth-order valence-electron chi connectivity index (χ4n) is 5.31. The fraction of sp³-hybridized carbons (Fsp3) is 0.407. The number of anilines is 1. The Balaban J connectivity index is 1.57. The quantitative estimate of drug-likeness (QED) is 0.526. The summed E-state index contributed by atoms with van der Waals surface area (Å²) in [4.78, 5) is 15.7. The summed E-state index contributed by atoms with van der Waals surface area (Å²) in [6.07, 6.45) is 5.11. The van der Waals surface area contributed by atoms with Crippen molar-refractivity contribution >= 4 is 11.8 Å². The SMILES string of the molecule is COC1CN(C)CCC1n1cc(-c2ccc3c(c2Oc2ccc(F)cc2)CC[C@H](C)N3C(=O)O)cn1.